The van der Waals surface area contributed by atoms with Crippen molar-refractivity contribution >= 4 is 0 Å². The number of aryl methyl sites for hydroxylation is 2. The standard InChI is InChI=1S/C36H44O4.C26H32O7.CH3.Pd.H2/c1-5-31-24(2)25(3)34(38-23-26-10-7-6-8-11-26)35(39-31)29-13-15-32(37-4)30(22-29)21-27-12-14-33-28(20-27)16-19-36(40-33)17-9-18-36;1-31-19-6-4-17(25-24(30)23(29)22(28)21(14-27)32-25)13-18(19)12-15-3-5-20-16(11-15)7-10-26(33-20)8-2-9-26;;;/h6-8,10-15,20,22,24-25,31,34-35H,5,9,16-19,21,23H2,1-4H3;3-6,11,13,21-25,27-30H,2,7-10,12,14H2,1H3;1H3;;1H/q;;-1;;/t24-,25-,31+,34+,35-;21-,22-,23+,24-,25+;;;/m01.../s1. The smallest absolute Gasteiger partial charge is 0.123 e. The van der Waals surface area contributed by atoms with Gasteiger partial charge in [-0.2, -0.15) is 0 Å². The van der Waals surface area contributed by atoms with Crippen LogP contribution in [0.15, 0.2) is 103 Å². The van der Waals surface area contributed by atoms with Crippen molar-refractivity contribution in [2.45, 2.75) is 171 Å². The van der Waals surface area contributed by atoms with E-state index in [2.05, 4.69) is 99.6 Å². The molecule has 75 heavy (non-hydrogen) atoms. The molecule has 2 spiro atoms. The Bertz CT molecular complexity index is 2670. The molecule has 11 rings (SSSR count). The molecule has 0 bridgehead atoms. The van der Waals surface area contributed by atoms with Gasteiger partial charge in [0.25, 0.3) is 0 Å². The zero-order chi connectivity index (χ0) is 50.9. The van der Waals surface area contributed by atoms with E-state index in [0.29, 0.717) is 36.2 Å². The third-order valence-corrected chi connectivity index (χ3v) is 17.3. The van der Waals surface area contributed by atoms with Gasteiger partial charge in [0, 0.05) is 34.7 Å². The SMILES string of the molecule is CC[C@H]1O[C@@H](c2ccc(OC)c(Cc3ccc4c(c3)CCC3(CCC3)O4)c2)[C@H](OCc2ccccc2)[C@@H](C)[C@@H]1C.COc1ccc([C@@H]2O[C@H](CO)[C@@H](O)[C@H](O)[C@H]2O)cc1Cc1ccc2c(c1)CCC1(CCC1)O2.[CH3-].[HH].[Pd]. The van der Waals surface area contributed by atoms with E-state index in [-0.39, 0.29) is 58.8 Å². The van der Waals surface area contributed by atoms with E-state index in [1.807, 2.05) is 18.2 Å². The molecule has 0 unspecified atom stereocenters. The summed E-state index contributed by atoms with van der Waals surface area (Å²) in [5.41, 5.74) is 10.3. The maximum Gasteiger partial charge on any atom is 0.123 e. The van der Waals surface area contributed by atoms with Crippen molar-refractivity contribution in [1.29, 1.82) is 0 Å². The van der Waals surface area contributed by atoms with Gasteiger partial charge in [-0.25, -0.2) is 0 Å². The summed E-state index contributed by atoms with van der Waals surface area (Å²) in [7, 11) is 3.38. The van der Waals surface area contributed by atoms with Crippen LogP contribution in [0.3, 0.4) is 0 Å². The van der Waals surface area contributed by atoms with E-state index in [9.17, 15) is 20.4 Å². The van der Waals surface area contributed by atoms with Crippen LogP contribution in [0.2, 0.25) is 0 Å². The maximum atomic E-state index is 10.5. The van der Waals surface area contributed by atoms with Crippen molar-refractivity contribution in [2.75, 3.05) is 20.8 Å². The van der Waals surface area contributed by atoms with E-state index >= 15 is 0 Å². The monoisotopic (exact) mass is 1120 g/mol. The second-order valence-electron chi connectivity index (χ2n) is 21.9. The minimum atomic E-state index is -1.41. The molecule has 4 aliphatic heterocycles. The van der Waals surface area contributed by atoms with Gasteiger partial charge in [0.2, 0.25) is 0 Å². The van der Waals surface area contributed by atoms with E-state index in [4.69, 9.17) is 33.2 Å². The van der Waals surface area contributed by atoms with Crippen LogP contribution in [0, 0.1) is 19.3 Å². The number of benzene rings is 5. The molecule has 4 heterocycles. The van der Waals surface area contributed by atoms with Crippen molar-refractivity contribution in [1.82, 2.24) is 0 Å². The minimum absolute atomic E-state index is 0. The van der Waals surface area contributed by atoms with Crippen LogP contribution in [0.5, 0.6) is 23.0 Å². The molecule has 2 saturated carbocycles. The molecule has 4 N–H and O–H groups in total. The Morgan fingerprint density at radius 1 is 0.587 bits per heavy atom. The Hall–Kier alpha value is -4.32. The largest absolute Gasteiger partial charge is 0.496 e. The van der Waals surface area contributed by atoms with E-state index < -0.39 is 37.1 Å². The average molecular weight is 1120 g/mol. The topological polar surface area (TPSA) is 146 Å². The maximum absolute atomic E-state index is 10.5. The first-order chi connectivity index (χ1) is 35.4. The molecule has 6 aliphatic rings. The molecular weight excluding hydrogens is 1040 g/mol. The van der Waals surface area contributed by atoms with Gasteiger partial charge in [-0.1, -0.05) is 87.5 Å². The van der Waals surface area contributed by atoms with Gasteiger partial charge in [-0.05, 0) is 169 Å². The Morgan fingerprint density at radius 3 is 1.59 bits per heavy atom. The molecule has 0 aromatic heterocycles. The van der Waals surface area contributed by atoms with E-state index in [1.54, 1.807) is 20.3 Å². The average Bonchev–Trinajstić information content (AvgIpc) is 3.40. The molecular formula is C63H81O11Pd-. The fraction of sp³-hybridized carbons (Fsp3) is 0.508. The van der Waals surface area contributed by atoms with Crippen LogP contribution in [0.1, 0.15) is 142 Å². The Balaban J connectivity index is 0.000000216. The molecule has 5 aromatic rings. The second-order valence-corrected chi connectivity index (χ2v) is 21.9. The van der Waals surface area contributed by atoms with E-state index in [0.717, 1.165) is 79.7 Å². The van der Waals surface area contributed by atoms with Crippen molar-refractivity contribution < 1.29 is 75.4 Å². The van der Waals surface area contributed by atoms with Gasteiger partial charge in [0.05, 0.1) is 39.6 Å². The number of aliphatic hydroxyl groups excluding tert-OH is 4. The summed E-state index contributed by atoms with van der Waals surface area (Å²) in [4.78, 5) is 0. The molecule has 0 amide bonds. The van der Waals surface area contributed by atoms with Gasteiger partial charge in [0.1, 0.15) is 70.8 Å². The quantitative estimate of drug-likeness (QED) is 0.0660. The summed E-state index contributed by atoms with van der Waals surface area (Å²) in [6.07, 6.45) is 8.12. The molecule has 10 atom stereocenters. The Morgan fingerprint density at radius 2 is 1.11 bits per heavy atom. The number of methoxy groups -OCH3 is 2. The third-order valence-electron chi connectivity index (χ3n) is 17.3. The van der Waals surface area contributed by atoms with Gasteiger partial charge < -0.3 is 61.0 Å². The van der Waals surface area contributed by atoms with Crippen LogP contribution in [-0.2, 0) is 66.9 Å². The molecule has 5 aromatic carbocycles. The number of ether oxygens (including phenoxy) is 7. The first kappa shape index (κ1) is 56.9. The van der Waals surface area contributed by atoms with Crippen molar-refractivity contribution in [2.24, 2.45) is 11.8 Å². The van der Waals surface area contributed by atoms with Gasteiger partial charge >= 0.3 is 0 Å². The molecule has 2 aliphatic carbocycles. The second kappa shape index (κ2) is 24.6. The predicted octanol–water partition coefficient (Wildman–Crippen LogP) is 11.0. The first-order valence-electron chi connectivity index (χ1n) is 27.0. The van der Waals surface area contributed by atoms with Crippen LogP contribution < -0.4 is 18.9 Å². The van der Waals surface area contributed by atoms with Gasteiger partial charge in [0.15, 0.2) is 0 Å². The fourth-order valence-electron chi connectivity index (χ4n) is 12.3. The predicted molar refractivity (Wildman–Crippen MR) is 288 cm³/mol. The molecule has 0 radical (unpaired) electrons. The van der Waals surface area contributed by atoms with Gasteiger partial charge in [-0.3, -0.25) is 0 Å². The van der Waals surface area contributed by atoms with Crippen molar-refractivity contribution in [3.63, 3.8) is 0 Å². The Kier molecular flexibility index (Phi) is 18.6. The van der Waals surface area contributed by atoms with Crippen LogP contribution >= 0.6 is 0 Å². The Labute approximate surface area is 460 Å². The zero-order valence-electron chi connectivity index (χ0n) is 44.7. The summed E-state index contributed by atoms with van der Waals surface area (Å²) in [6, 6.07) is 35.6. The minimum Gasteiger partial charge on any atom is -0.496 e. The van der Waals surface area contributed by atoms with E-state index in [1.165, 1.54) is 59.1 Å². The van der Waals surface area contributed by atoms with Crippen molar-refractivity contribution in [3.05, 3.63) is 161 Å². The normalized spacial score (nSPS) is 27.7. The molecule has 2 saturated heterocycles. The number of rotatable bonds is 13. The number of hydrogen-bond donors (Lipinski definition) is 4. The zero-order valence-corrected chi connectivity index (χ0v) is 46.2. The van der Waals surface area contributed by atoms with Crippen molar-refractivity contribution in [3.8, 4) is 23.0 Å². The summed E-state index contributed by atoms with van der Waals surface area (Å²) in [5, 5.41) is 40.3. The summed E-state index contributed by atoms with van der Waals surface area (Å²) in [6.45, 7) is 6.98. The number of aliphatic hydroxyl groups is 4. The summed E-state index contributed by atoms with van der Waals surface area (Å²) in [5.74, 6) is 4.50. The fourth-order valence-corrected chi connectivity index (χ4v) is 12.3. The van der Waals surface area contributed by atoms with Crippen LogP contribution in [0.25, 0.3) is 0 Å². The van der Waals surface area contributed by atoms with Crippen LogP contribution in [0.4, 0.5) is 0 Å². The third kappa shape index (κ3) is 12.1. The summed E-state index contributed by atoms with van der Waals surface area (Å²) >= 11 is 0. The number of hydrogen-bond acceptors (Lipinski definition) is 11. The van der Waals surface area contributed by atoms with Gasteiger partial charge in [-0.15, -0.1) is 0 Å². The summed E-state index contributed by atoms with van der Waals surface area (Å²) < 4.78 is 43.4. The molecule has 11 nitrogen and oxygen atoms in total. The molecule has 12 heteroatoms. The van der Waals surface area contributed by atoms with Crippen LogP contribution in [-0.4, -0.2) is 89.1 Å². The molecule has 410 valence electrons. The first-order valence-corrected chi connectivity index (χ1v) is 27.0. The molecule has 4 fully saturated rings. The number of fused-ring (bicyclic) bond motifs is 2.